The van der Waals surface area contributed by atoms with Gasteiger partial charge in [-0.25, -0.2) is 0 Å². The van der Waals surface area contributed by atoms with Crippen LogP contribution in [-0.2, 0) is 0 Å². The standard InChI is InChI=1S/C12H16O/c1-12(13)9-5-8-11(12)10-6-3-2-4-7-10/h2-4,6-7,11,13H,5,8-9H2,1H3/t11-,12-/m1/s1. The van der Waals surface area contributed by atoms with Gasteiger partial charge in [-0.05, 0) is 31.7 Å². The molecule has 0 saturated heterocycles. The molecule has 1 aromatic carbocycles. The first-order valence-corrected chi connectivity index (χ1v) is 4.97. The van der Waals surface area contributed by atoms with Gasteiger partial charge >= 0.3 is 0 Å². The molecular weight excluding hydrogens is 160 g/mol. The normalized spacial score (nSPS) is 33.5. The van der Waals surface area contributed by atoms with Gasteiger partial charge in [0.05, 0.1) is 5.60 Å². The minimum atomic E-state index is -0.485. The molecule has 2 atom stereocenters. The highest BCUT2D eigenvalue weighted by Crippen LogP contribution is 2.42. The number of aliphatic hydroxyl groups is 1. The van der Waals surface area contributed by atoms with Crippen LogP contribution < -0.4 is 0 Å². The highest BCUT2D eigenvalue weighted by Gasteiger charge is 2.37. The summed E-state index contributed by atoms with van der Waals surface area (Å²) in [6, 6.07) is 10.3. The molecular formula is C12H16O. The molecule has 1 nitrogen and oxygen atoms in total. The molecule has 70 valence electrons. The van der Waals surface area contributed by atoms with E-state index >= 15 is 0 Å². The van der Waals surface area contributed by atoms with Crippen LogP contribution in [0.1, 0.15) is 37.7 Å². The molecule has 2 rings (SSSR count). The summed E-state index contributed by atoms with van der Waals surface area (Å²) in [5.74, 6) is 0.341. The van der Waals surface area contributed by atoms with Crippen molar-refractivity contribution in [1.82, 2.24) is 0 Å². The molecule has 1 saturated carbocycles. The van der Waals surface area contributed by atoms with Gasteiger partial charge in [-0.2, -0.15) is 0 Å². The predicted molar refractivity (Wildman–Crippen MR) is 53.7 cm³/mol. The van der Waals surface area contributed by atoms with Crippen LogP contribution in [0.5, 0.6) is 0 Å². The minimum Gasteiger partial charge on any atom is -0.390 e. The fraction of sp³-hybridized carbons (Fsp3) is 0.500. The Labute approximate surface area is 79.4 Å². The van der Waals surface area contributed by atoms with Crippen LogP contribution in [0.3, 0.4) is 0 Å². The van der Waals surface area contributed by atoms with E-state index in [0.717, 1.165) is 19.3 Å². The maximum atomic E-state index is 10.1. The summed E-state index contributed by atoms with van der Waals surface area (Å²) in [7, 11) is 0. The Hall–Kier alpha value is -0.820. The first-order chi connectivity index (χ1) is 6.20. The first-order valence-electron chi connectivity index (χ1n) is 4.97. The Morgan fingerprint density at radius 2 is 2.00 bits per heavy atom. The average Bonchev–Trinajstić information content (AvgIpc) is 2.47. The summed E-state index contributed by atoms with van der Waals surface area (Å²) in [6.45, 7) is 1.96. The Kier molecular flexibility index (Phi) is 2.12. The van der Waals surface area contributed by atoms with E-state index in [4.69, 9.17) is 0 Å². The van der Waals surface area contributed by atoms with Gasteiger partial charge in [0.15, 0.2) is 0 Å². The van der Waals surface area contributed by atoms with Gasteiger partial charge in [0.1, 0.15) is 0 Å². The molecule has 0 radical (unpaired) electrons. The van der Waals surface area contributed by atoms with Gasteiger partial charge in [-0.3, -0.25) is 0 Å². The molecule has 1 heteroatoms. The minimum absolute atomic E-state index is 0.341. The Balaban J connectivity index is 2.27. The third kappa shape index (κ3) is 1.61. The molecule has 1 aromatic rings. The Morgan fingerprint density at radius 1 is 1.31 bits per heavy atom. The topological polar surface area (TPSA) is 20.2 Å². The number of rotatable bonds is 1. The van der Waals surface area contributed by atoms with Gasteiger partial charge in [-0.15, -0.1) is 0 Å². The van der Waals surface area contributed by atoms with Gasteiger partial charge < -0.3 is 5.11 Å². The molecule has 0 aromatic heterocycles. The molecule has 1 aliphatic rings. The van der Waals surface area contributed by atoms with Crippen molar-refractivity contribution >= 4 is 0 Å². The molecule has 13 heavy (non-hydrogen) atoms. The van der Waals surface area contributed by atoms with Gasteiger partial charge in [0.2, 0.25) is 0 Å². The maximum Gasteiger partial charge on any atom is 0.0688 e. The summed E-state index contributed by atoms with van der Waals surface area (Å²) in [4.78, 5) is 0. The van der Waals surface area contributed by atoms with Crippen molar-refractivity contribution in [3.05, 3.63) is 35.9 Å². The van der Waals surface area contributed by atoms with Crippen molar-refractivity contribution in [1.29, 1.82) is 0 Å². The monoisotopic (exact) mass is 176 g/mol. The van der Waals surface area contributed by atoms with E-state index in [1.54, 1.807) is 0 Å². The van der Waals surface area contributed by atoms with Crippen molar-refractivity contribution in [3.8, 4) is 0 Å². The third-order valence-corrected chi connectivity index (χ3v) is 3.13. The average molecular weight is 176 g/mol. The van der Waals surface area contributed by atoms with Crippen molar-refractivity contribution in [3.63, 3.8) is 0 Å². The maximum absolute atomic E-state index is 10.1. The lowest BCUT2D eigenvalue weighted by Gasteiger charge is -2.25. The highest BCUT2D eigenvalue weighted by atomic mass is 16.3. The van der Waals surface area contributed by atoms with Crippen molar-refractivity contribution in [2.75, 3.05) is 0 Å². The molecule has 1 N–H and O–H groups in total. The van der Waals surface area contributed by atoms with Crippen LogP contribution in [-0.4, -0.2) is 10.7 Å². The van der Waals surface area contributed by atoms with Crippen molar-refractivity contribution in [2.45, 2.75) is 37.7 Å². The molecule has 0 unspecified atom stereocenters. The predicted octanol–water partition coefficient (Wildman–Crippen LogP) is 2.71. The molecule has 0 heterocycles. The first kappa shape index (κ1) is 8.76. The molecule has 0 aliphatic heterocycles. The SMILES string of the molecule is C[C@@]1(O)CCC[C@@H]1c1ccccc1. The molecule has 1 aliphatic carbocycles. The fourth-order valence-electron chi connectivity index (χ4n) is 2.36. The van der Waals surface area contributed by atoms with Gasteiger partial charge in [0.25, 0.3) is 0 Å². The zero-order valence-electron chi connectivity index (χ0n) is 8.03. The summed E-state index contributed by atoms with van der Waals surface area (Å²) < 4.78 is 0. The summed E-state index contributed by atoms with van der Waals surface area (Å²) in [6.07, 6.45) is 3.20. The van der Waals surface area contributed by atoms with E-state index in [0.29, 0.717) is 5.92 Å². The van der Waals surface area contributed by atoms with Crippen LogP contribution in [0.2, 0.25) is 0 Å². The van der Waals surface area contributed by atoms with Crippen molar-refractivity contribution < 1.29 is 5.11 Å². The summed E-state index contributed by atoms with van der Waals surface area (Å²) in [5, 5.41) is 10.1. The Bertz CT molecular complexity index is 276. The van der Waals surface area contributed by atoms with Gasteiger partial charge in [0, 0.05) is 5.92 Å². The largest absolute Gasteiger partial charge is 0.390 e. The number of hydrogen-bond donors (Lipinski definition) is 1. The second-order valence-electron chi connectivity index (χ2n) is 4.21. The zero-order valence-corrected chi connectivity index (χ0v) is 8.03. The second kappa shape index (κ2) is 3.15. The number of benzene rings is 1. The van der Waals surface area contributed by atoms with Crippen LogP contribution in [0.15, 0.2) is 30.3 Å². The van der Waals surface area contributed by atoms with Crippen LogP contribution in [0, 0.1) is 0 Å². The second-order valence-corrected chi connectivity index (χ2v) is 4.21. The van der Waals surface area contributed by atoms with E-state index in [1.807, 2.05) is 25.1 Å². The lowest BCUT2D eigenvalue weighted by Crippen LogP contribution is -2.26. The van der Waals surface area contributed by atoms with E-state index < -0.39 is 5.60 Å². The lowest BCUT2D eigenvalue weighted by atomic mass is 9.87. The van der Waals surface area contributed by atoms with Crippen LogP contribution >= 0.6 is 0 Å². The molecule has 0 spiro atoms. The summed E-state index contributed by atoms with van der Waals surface area (Å²) in [5.41, 5.74) is 0.798. The van der Waals surface area contributed by atoms with E-state index in [-0.39, 0.29) is 0 Å². The number of hydrogen-bond acceptors (Lipinski definition) is 1. The van der Waals surface area contributed by atoms with Crippen LogP contribution in [0.25, 0.3) is 0 Å². The molecule has 0 bridgehead atoms. The third-order valence-electron chi connectivity index (χ3n) is 3.13. The lowest BCUT2D eigenvalue weighted by molar-refractivity contribution is 0.0497. The van der Waals surface area contributed by atoms with E-state index in [9.17, 15) is 5.11 Å². The Morgan fingerprint density at radius 3 is 2.54 bits per heavy atom. The van der Waals surface area contributed by atoms with Crippen molar-refractivity contribution in [2.24, 2.45) is 0 Å². The van der Waals surface area contributed by atoms with Gasteiger partial charge in [-0.1, -0.05) is 30.3 Å². The van der Waals surface area contributed by atoms with Crippen LogP contribution in [0.4, 0.5) is 0 Å². The smallest absolute Gasteiger partial charge is 0.0688 e. The summed E-state index contributed by atoms with van der Waals surface area (Å²) >= 11 is 0. The van der Waals surface area contributed by atoms with E-state index in [2.05, 4.69) is 12.1 Å². The quantitative estimate of drug-likeness (QED) is 0.697. The molecule has 1 fully saturated rings. The zero-order chi connectivity index (χ0) is 9.31. The molecule has 0 amide bonds. The van der Waals surface area contributed by atoms with E-state index in [1.165, 1.54) is 5.56 Å². The fourth-order valence-corrected chi connectivity index (χ4v) is 2.36. The highest BCUT2D eigenvalue weighted by molar-refractivity contribution is 5.23.